The van der Waals surface area contributed by atoms with Gasteiger partial charge in [-0.05, 0) is 74.7 Å². The molecule has 1 amide bonds. The van der Waals surface area contributed by atoms with Crippen LogP contribution in [0.25, 0.3) is 11.1 Å². The molecule has 0 radical (unpaired) electrons. The number of carbonyl (C=O) groups is 1. The van der Waals surface area contributed by atoms with Crippen LogP contribution in [0.15, 0.2) is 58.3 Å². The average Bonchev–Trinajstić information content (AvgIpc) is 3.51. The van der Waals surface area contributed by atoms with Crippen LogP contribution in [0, 0.1) is 0 Å². The lowest BCUT2D eigenvalue weighted by molar-refractivity contribution is -0.112. The largest absolute Gasteiger partial charge is 0.508 e. The first kappa shape index (κ1) is 18.5. The molecule has 1 saturated carbocycles. The van der Waals surface area contributed by atoms with Gasteiger partial charge in [0.2, 0.25) is 0 Å². The zero-order chi connectivity index (χ0) is 19.4. The molecular formula is C21H22N4O2. The number of hydrogen-bond donors (Lipinski definition) is 2. The van der Waals surface area contributed by atoms with Crippen LogP contribution in [0.1, 0.15) is 38.2 Å². The highest BCUT2D eigenvalue weighted by atomic mass is 16.3. The van der Waals surface area contributed by atoms with Crippen LogP contribution in [0.4, 0.5) is 5.82 Å². The lowest BCUT2D eigenvalue weighted by Crippen LogP contribution is -2.13. The molecule has 2 N–H and O–H groups in total. The van der Waals surface area contributed by atoms with Crippen LogP contribution in [0.5, 0.6) is 5.75 Å². The predicted molar refractivity (Wildman–Crippen MR) is 108 cm³/mol. The van der Waals surface area contributed by atoms with Crippen LogP contribution in [0.3, 0.4) is 0 Å². The van der Waals surface area contributed by atoms with Crippen molar-refractivity contribution in [3.8, 4) is 16.9 Å². The fourth-order valence-corrected chi connectivity index (χ4v) is 2.60. The minimum atomic E-state index is -0.288. The van der Waals surface area contributed by atoms with E-state index < -0.39 is 0 Å². The van der Waals surface area contributed by atoms with Crippen molar-refractivity contribution in [3.63, 3.8) is 0 Å². The molecule has 1 aromatic heterocycles. The van der Waals surface area contributed by atoms with Gasteiger partial charge in [0.05, 0.1) is 0 Å². The summed E-state index contributed by atoms with van der Waals surface area (Å²) in [5, 5.41) is 12.7. The summed E-state index contributed by atoms with van der Waals surface area (Å²) in [5.74, 6) is 1.46. The minimum Gasteiger partial charge on any atom is -0.508 e. The Bertz CT molecular complexity index is 926. The van der Waals surface area contributed by atoms with E-state index in [4.69, 9.17) is 0 Å². The number of rotatable bonds is 5. The maximum atomic E-state index is 12.2. The molecule has 1 aromatic carbocycles. The molecule has 0 unspecified atom stereocenters. The lowest BCUT2D eigenvalue weighted by atomic mass is 10.0. The summed E-state index contributed by atoms with van der Waals surface area (Å²) in [7, 11) is 0. The highest BCUT2D eigenvalue weighted by Gasteiger charge is 2.24. The summed E-state index contributed by atoms with van der Waals surface area (Å²) >= 11 is 0. The van der Waals surface area contributed by atoms with Crippen molar-refractivity contribution in [3.05, 3.63) is 53.9 Å². The number of carbonyl (C=O) groups excluding carboxylic acids is 1. The third kappa shape index (κ3) is 4.88. The van der Waals surface area contributed by atoms with Gasteiger partial charge in [0.25, 0.3) is 5.91 Å². The van der Waals surface area contributed by atoms with Gasteiger partial charge in [-0.2, -0.15) is 0 Å². The van der Waals surface area contributed by atoms with Crippen LogP contribution in [0.2, 0.25) is 0 Å². The summed E-state index contributed by atoms with van der Waals surface area (Å²) in [6.45, 7) is 6.73. The number of nitrogens with zero attached hydrogens (tertiary/aromatic N) is 3. The fourth-order valence-electron chi connectivity index (χ4n) is 2.60. The first-order chi connectivity index (χ1) is 13.0. The third-order valence-electron chi connectivity index (χ3n) is 4.36. The molecule has 27 heavy (non-hydrogen) atoms. The number of anilines is 1. The first-order valence-corrected chi connectivity index (χ1v) is 8.76. The number of amides is 1. The lowest BCUT2D eigenvalue weighted by Gasteiger charge is -2.08. The van der Waals surface area contributed by atoms with E-state index >= 15 is 0 Å². The molecule has 138 valence electrons. The summed E-state index contributed by atoms with van der Waals surface area (Å²) in [6, 6.07) is 9.25. The predicted octanol–water partition coefficient (Wildman–Crippen LogP) is 4.29. The van der Waals surface area contributed by atoms with Crippen molar-refractivity contribution < 1.29 is 9.90 Å². The fraction of sp³-hybridized carbons (Fsp3) is 0.238. The Morgan fingerprint density at radius 2 is 2.04 bits per heavy atom. The van der Waals surface area contributed by atoms with Crippen LogP contribution in [-0.2, 0) is 4.79 Å². The number of phenols is 1. The maximum absolute atomic E-state index is 12.2. The van der Waals surface area contributed by atoms with Gasteiger partial charge >= 0.3 is 0 Å². The second-order valence-corrected chi connectivity index (χ2v) is 6.62. The standard InChI is InChI=1S/C21H22N4O2/c1-13(11-23-14(2)22-3)21(27)25-20-7-6-16(12-24-20)18-8-17(15-4-5-15)9-19(26)10-18/h6-12,15,26H,3-5H2,1-2H3,(H,24,25,27)/b13-11+,23-14?. The van der Waals surface area contributed by atoms with Gasteiger partial charge in [-0.15, -0.1) is 0 Å². The molecule has 1 aliphatic carbocycles. The number of phenolic OH excluding ortho intramolecular Hbond substituents is 1. The van der Waals surface area contributed by atoms with Crippen molar-refractivity contribution in [2.45, 2.75) is 32.6 Å². The Kier molecular flexibility index (Phi) is 5.45. The smallest absolute Gasteiger partial charge is 0.254 e. The number of amidine groups is 1. The monoisotopic (exact) mass is 362 g/mol. The number of aliphatic imine (C=N–C) groups is 2. The minimum absolute atomic E-state index is 0.261. The van der Waals surface area contributed by atoms with Gasteiger partial charge in [-0.1, -0.05) is 6.07 Å². The number of hydrogen-bond acceptors (Lipinski definition) is 4. The Balaban J connectivity index is 1.72. The molecule has 6 heteroatoms. The average molecular weight is 362 g/mol. The van der Waals surface area contributed by atoms with Crippen molar-refractivity contribution in [1.82, 2.24) is 4.98 Å². The van der Waals surface area contributed by atoms with Crippen LogP contribution >= 0.6 is 0 Å². The maximum Gasteiger partial charge on any atom is 0.254 e. The van der Waals surface area contributed by atoms with Crippen molar-refractivity contribution >= 4 is 24.3 Å². The van der Waals surface area contributed by atoms with E-state index in [0.29, 0.717) is 23.1 Å². The summed E-state index contributed by atoms with van der Waals surface area (Å²) < 4.78 is 0. The van der Waals surface area contributed by atoms with Gasteiger partial charge in [-0.25, -0.2) is 15.0 Å². The van der Waals surface area contributed by atoms with E-state index in [1.807, 2.05) is 12.1 Å². The van der Waals surface area contributed by atoms with E-state index in [1.165, 1.54) is 19.0 Å². The van der Waals surface area contributed by atoms with Crippen LogP contribution in [-0.4, -0.2) is 28.6 Å². The zero-order valence-electron chi connectivity index (χ0n) is 15.4. The van der Waals surface area contributed by atoms with E-state index in [0.717, 1.165) is 16.7 Å². The second kappa shape index (κ2) is 7.95. The van der Waals surface area contributed by atoms with Gasteiger partial charge < -0.3 is 10.4 Å². The molecule has 0 spiro atoms. The van der Waals surface area contributed by atoms with Gasteiger partial charge in [0.15, 0.2) is 0 Å². The first-order valence-electron chi connectivity index (χ1n) is 8.76. The molecule has 1 fully saturated rings. The molecule has 3 rings (SSSR count). The SMILES string of the molecule is C=NC(C)=N/C=C(\C)C(=O)Nc1ccc(-c2cc(O)cc(C3CC3)c2)cn1. The van der Waals surface area contributed by atoms with E-state index in [1.54, 1.807) is 32.2 Å². The molecule has 0 bridgehead atoms. The Hall–Kier alpha value is -3.28. The zero-order valence-corrected chi connectivity index (χ0v) is 15.4. The van der Waals surface area contributed by atoms with Gasteiger partial charge in [0.1, 0.15) is 17.4 Å². The van der Waals surface area contributed by atoms with Crippen molar-refractivity contribution in [2.75, 3.05) is 5.32 Å². The van der Waals surface area contributed by atoms with Crippen molar-refractivity contribution in [2.24, 2.45) is 9.98 Å². The van der Waals surface area contributed by atoms with Gasteiger partial charge in [-0.3, -0.25) is 4.79 Å². The van der Waals surface area contributed by atoms with Crippen molar-refractivity contribution in [1.29, 1.82) is 0 Å². The van der Waals surface area contributed by atoms with Gasteiger partial charge in [0, 0.05) is 23.5 Å². The summed E-state index contributed by atoms with van der Waals surface area (Å²) in [5.41, 5.74) is 3.40. The molecular weight excluding hydrogens is 340 g/mol. The molecule has 6 nitrogen and oxygen atoms in total. The van der Waals surface area contributed by atoms with E-state index in [2.05, 4.69) is 33.1 Å². The number of nitrogens with one attached hydrogen (secondary N) is 1. The molecule has 0 aliphatic heterocycles. The highest BCUT2D eigenvalue weighted by molar-refractivity contribution is 6.03. The molecule has 0 saturated heterocycles. The topological polar surface area (TPSA) is 86.9 Å². The molecule has 1 heterocycles. The number of aromatic nitrogens is 1. The quantitative estimate of drug-likeness (QED) is 0.472. The Morgan fingerprint density at radius 3 is 2.67 bits per heavy atom. The van der Waals surface area contributed by atoms with Crippen LogP contribution < -0.4 is 5.32 Å². The summed E-state index contributed by atoms with van der Waals surface area (Å²) in [4.78, 5) is 24.2. The Morgan fingerprint density at radius 1 is 1.26 bits per heavy atom. The third-order valence-corrected chi connectivity index (χ3v) is 4.36. The van der Waals surface area contributed by atoms with E-state index in [-0.39, 0.29) is 11.7 Å². The molecule has 2 aromatic rings. The second-order valence-electron chi connectivity index (χ2n) is 6.62. The highest BCUT2D eigenvalue weighted by Crippen LogP contribution is 2.42. The molecule has 1 aliphatic rings. The summed E-state index contributed by atoms with van der Waals surface area (Å²) in [6.07, 6.45) is 5.47. The number of aromatic hydroxyl groups is 1. The Labute approximate surface area is 158 Å². The normalized spacial score (nSPS) is 14.7. The molecule has 0 atom stereocenters. The van der Waals surface area contributed by atoms with E-state index in [9.17, 15) is 9.90 Å². The number of benzene rings is 1. The number of pyridine rings is 1.